The molecule has 0 saturated carbocycles. The topological polar surface area (TPSA) is 104 Å². The van der Waals surface area contributed by atoms with Gasteiger partial charge in [0, 0.05) is 21.2 Å². The van der Waals surface area contributed by atoms with Crippen LogP contribution in [0.2, 0.25) is 10.0 Å². The lowest BCUT2D eigenvalue weighted by Gasteiger charge is -2.09. The van der Waals surface area contributed by atoms with Gasteiger partial charge in [0.1, 0.15) is 0 Å². The lowest BCUT2D eigenvalue weighted by atomic mass is 10.2. The van der Waals surface area contributed by atoms with Crippen molar-refractivity contribution in [3.63, 3.8) is 0 Å². The van der Waals surface area contributed by atoms with Crippen molar-refractivity contribution in [3.8, 4) is 0 Å². The van der Waals surface area contributed by atoms with Gasteiger partial charge in [-0.05, 0) is 36.4 Å². The summed E-state index contributed by atoms with van der Waals surface area (Å²) in [6.45, 7) is 0. The number of carbonyl (C=O) groups is 2. The Morgan fingerprint density at radius 2 is 1.81 bits per heavy atom. The van der Waals surface area contributed by atoms with E-state index in [0.717, 1.165) is 6.26 Å². The molecule has 0 atom stereocenters. The molecule has 7 nitrogen and oxygen atoms in total. The maximum Gasteiger partial charge on any atom is 0.269 e. The standard InChI is InChI=1S/C16H15Cl2N3O4S2/c1-27(24,25)21-12-4-2-3-10(7-12)16(23)20-19-15(22)9-26-14-8-11(17)5-6-13(14)18/h2-8,21H,9H2,1H3,(H,19,22)(H,20,23). The smallest absolute Gasteiger partial charge is 0.269 e. The molecule has 0 aliphatic heterocycles. The minimum atomic E-state index is -3.46. The molecule has 2 aromatic carbocycles. The first-order valence-electron chi connectivity index (χ1n) is 7.39. The van der Waals surface area contributed by atoms with E-state index in [9.17, 15) is 18.0 Å². The molecule has 0 spiro atoms. The third kappa shape index (κ3) is 7.30. The second kappa shape index (κ2) is 9.32. The largest absolute Gasteiger partial charge is 0.284 e. The van der Waals surface area contributed by atoms with Gasteiger partial charge >= 0.3 is 0 Å². The summed E-state index contributed by atoms with van der Waals surface area (Å²) >= 11 is 13.1. The van der Waals surface area contributed by atoms with E-state index >= 15 is 0 Å². The maximum absolute atomic E-state index is 12.1. The second-order valence-electron chi connectivity index (χ2n) is 5.32. The van der Waals surface area contributed by atoms with E-state index in [4.69, 9.17) is 23.2 Å². The van der Waals surface area contributed by atoms with Crippen LogP contribution in [0.1, 0.15) is 10.4 Å². The summed E-state index contributed by atoms with van der Waals surface area (Å²) in [6.07, 6.45) is 1.00. The molecule has 2 rings (SSSR count). The van der Waals surface area contributed by atoms with E-state index in [1.165, 1.54) is 36.0 Å². The van der Waals surface area contributed by atoms with Gasteiger partial charge in [-0.1, -0.05) is 29.3 Å². The molecular formula is C16H15Cl2N3O4S2. The summed E-state index contributed by atoms with van der Waals surface area (Å²) in [4.78, 5) is 24.6. The quantitative estimate of drug-likeness (QED) is 0.466. The Hall–Kier alpha value is -1.94. The number of hydrogen-bond acceptors (Lipinski definition) is 5. The number of rotatable bonds is 6. The average molecular weight is 448 g/mol. The number of hydrogen-bond donors (Lipinski definition) is 3. The minimum absolute atomic E-state index is 0.00994. The lowest BCUT2D eigenvalue weighted by molar-refractivity contribution is -0.119. The van der Waals surface area contributed by atoms with Crippen LogP contribution < -0.4 is 15.6 Å². The number of carbonyl (C=O) groups excluding carboxylic acids is 2. The van der Waals surface area contributed by atoms with E-state index in [0.29, 0.717) is 14.9 Å². The average Bonchev–Trinajstić information content (AvgIpc) is 2.59. The molecule has 2 amide bonds. The van der Waals surface area contributed by atoms with Crippen molar-refractivity contribution in [1.82, 2.24) is 10.9 Å². The van der Waals surface area contributed by atoms with Crippen LogP contribution in [0.25, 0.3) is 0 Å². The van der Waals surface area contributed by atoms with Crippen LogP contribution in [-0.2, 0) is 14.8 Å². The predicted octanol–water partition coefficient (Wildman–Crippen LogP) is 2.92. The third-order valence-corrected chi connectivity index (χ3v) is 5.33. The zero-order valence-corrected chi connectivity index (χ0v) is 17.1. The zero-order valence-electron chi connectivity index (χ0n) is 14.0. The molecule has 0 fully saturated rings. The number of nitrogens with one attached hydrogen (secondary N) is 3. The summed E-state index contributed by atoms with van der Waals surface area (Å²) in [7, 11) is -3.46. The van der Waals surface area contributed by atoms with E-state index < -0.39 is 21.8 Å². The normalized spacial score (nSPS) is 10.9. The molecule has 2 aromatic rings. The second-order valence-corrected chi connectivity index (χ2v) is 8.93. The summed E-state index contributed by atoms with van der Waals surface area (Å²) in [6, 6.07) is 10.8. The Morgan fingerprint density at radius 1 is 1.07 bits per heavy atom. The van der Waals surface area contributed by atoms with Gasteiger partial charge in [-0.25, -0.2) is 8.42 Å². The lowest BCUT2D eigenvalue weighted by Crippen LogP contribution is -2.42. The van der Waals surface area contributed by atoms with Crippen molar-refractivity contribution in [2.24, 2.45) is 0 Å². The Balaban J connectivity index is 1.88. The highest BCUT2D eigenvalue weighted by Crippen LogP contribution is 2.29. The van der Waals surface area contributed by atoms with Crippen molar-refractivity contribution in [2.45, 2.75) is 4.90 Å². The molecule has 27 heavy (non-hydrogen) atoms. The Kier molecular flexibility index (Phi) is 7.37. The van der Waals surface area contributed by atoms with Gasteiger partial charge in [-0.15, -0.1) is 11.8 Å². The summed E-state index contributed by atoms with van der Waals surface area (Å²) < 4.78 is 24.8. The van der Waals surface area contributed by atoms with Crippen LogP contribution in [0.15, 0.2) is 47.4 Å². The molecule has 0 heterocycles. The Bertz CT molecular complexity index is 968. The summed E-state index contributed by atoms with van der Waals surface area (Å²) in [5.74, 6) is -1.03. The van der Waals surface area contributed by atoms with E-state index in [1.54, 1.807) is 18.2 Å². The molecule has 3 N–H and O–H groups in total. The highest BCUT2D eigenvalue weighted by atomic mass is 35.5. The minimum Gasteiger partial charge on any atom is -0.284 e. The number of thioether (sulfide) groups is 1. The maximum atomic E-state index is 12.1. The Morgan fingerprint density at radius 3 is 2.52 bits per heavy atom. The number of hydrazine groups is 1. The van der Waals surface area contributed by atoms with Crippen molar-refractivity contribution >= 4 is 62.5 Å². The summed E-state index contributed by atoms with van der Waals surface area (Å²) in [5, 5.41) is 0.967. The van der Waals surface area contributed by atoms with Gasteiger partial charge in [0.15, 0.2) is 0 Å². The third-order valence-electron chi connectivity index (χ3n) is 3.00. The number of benzene rings is 2. The number of amides is 2. The first-order valence-corrected chi connectivity index (χ1v) is 11.0. The number of halogens is 2. The molecule has 11 heteroatoms. The van der Waals surface area contributed by atoms with Crippen LogP contribution in [0.5, 0.6) is 0 Å². The molecular weight excluding hydrogens is 433 g/mol. The first kappa shape index (κ1) is 21.4. The number of anilines is 1. The van der Waals surface area contributed by atoms with Crippen LogP contribution >= 0.6 is 35.0 Å². The molecule has 144 valence electrons. The van der Waals surface area contributed by atoms with E-state index in [1.807, 2.05) is 0 Å². The predicted molar refractivity (Wildman–Crippen MR) is 108 cm³/mol. The van der Waals surface area contributed by atoms with Gasteiger partial charge < -0.3 is 0 Å². The fraction of sp³-hybridized carbons (Fsp3) is 0.125. The molecule has 0 unspecified atom stereocenters. The van der Waals surface area contributed by atoms with E-state index in [2.05, 4.69) is 15.6 Å². The molecule has 0 aromatic heterocycles. The molecule has 0 aliphatic rings. The molecule has 0 bridgehead atoms. The van der Waals surface area contributed by atoms with E-state index in [-0.39, 0.29) is 17.0 Å². The highest BCUT2D eigenvalue weighted by molar-refractivity contribution is 8.00. The van der Waals surface area contributed by atoms with Gasteiger partial charge in [0.05, 0.1) is 17.0 Å². The van der Waals surface area contributed by atoms with Gasteiger partial charge in [-0.2, -0.15) is 0 Å². The van der Waals surface area contributed by atoms with Crippen molar-refractivity contribution in [2.75, 3.05) is 16.7 Å². The SMILES string of the molecule is CS(=O)(=O)Nc1cccc(C(=O)NNC(=O)CSc2cc(Cl)ccc2Cl)c1. The van der Waals surface area contributed by atoms with Crippen LogP contribution in [-0.4, -0.2) is 32.2 Å². The molecule has 0 radical (unpaired) electrons. The van der Waals surface area contributed by atoms with Gasteiger partial charge in [0.25, 0.3) is 5.91 Å². The van der Waals surface area contributed by atoms with Crippen molar-refractivity contribution in [3.05, 3.63) is 58.1 Å². The first-order chi connectivity index (χ1) is 12.6. The molecule has 0 saturated heterocycles. The van der Waals surface area contributed by atoms with Gasteiger partial charge in [0.2, 0.25) is 15.9 Å². The van der Waals surface area contributed by atoms with Crippen LogP contribution in [0.3, 0.4) is 0 Å². The molecule has 0 aliphatic carbocycles. The zero-order chi connectivity index (χ0) is 20.0. The number of sulfonamides is 1. The van der Waals surface area contributed by atoms with Crippen molar-refractivity contribution in [1.29, 1.82) is 0 Å². The monoisotopic (exact) mass is 447 g/mol. The van der Waals surface area contributed by atoms with Crippen molar-refractivity contribution < 1.29 is 18.0 Å². The van der Waals surface area contributed by atoms with Crippen LogP contribution in [0.4, 0.5) is 5.69 Å². The fourth-order valence-corrected chi connectivity index (χ4v) is 3.75. The van der Waals surface area contributed by atoms with Crippen LogP contribution in [0, 0.1) is 0 Å². The highest BCUT2D eigenvalue weighted by Gasteiger charge is 2.11. The fourth-order valence-electron chi connectivity index (χ4n) is 1.90. The Labute approximate surface area is 170 Å². The summed E-state index contributed by atoms with van der Waals surface area (Å²) in [5.41, 5.74) is 4.96. The van der Waals surface area contributed by atoms with Gasteiger partial charge in [-0.3, -0.25) is 25.2 Å².